The molecule has 3 rings (SSSR count). The van der Waals surface area contributed by atoms with Crippen LogP contribution in [0.1, 0.15) is 22.7 Å². The number of benzene rings is 2. The zero-order valence-electron chi connectivity index (χ0n) is 12.3. The van der Waals surface area contributed by atoms with Gasteiger partial charge >= 0.3 is 0 Å². The van der Waals surface area contributed by atoms with Crippen LogP contribution in [0.5, 0.6) is 0 Å². The molecule has 2 aromatic rings. The van der Waals surface area contributed by atoms with E-state index in [1.165, 1.54) is 17.2 Å². The maximum atomic E-state index is 13.5. The number of nitrogens with one attached hydrogen (secondary N) is 2. The molecule has 2 N–H and O–H groups in total. The Morgan fingerprint density at radius 2 is 1.95 bits per heavy atom. The molecule has 114 valence electrons. The highest BCUT2D eigenvalue weighted by Gasteiger charge is 2.19. The Bertz CT molecular complexity index is 672. The van der Waals surface area contributed by atoms with E-state index in [0.717, 1.165) is 13.0 Å². The van der Waals surface area contributed by atoms with Gasteiger partial charge in [-0.15, -0.1) is 0 Å². The Morgan fingerprint density at radius 1 is 1.18 bits per heavy atom. The minimum atomic E-state index is -0.334. The van der Waals surface area contributed by atoms with Crippen LogP contribution >= 0.6 is 0 Å². The smallest absolute Gasteiger partial charge is 0.224 e. The fourth-order valence-corrected chi connectivity index (χ4v) is 2.87. The summed E-state index contributed by atoms with van der Waals surface area (Å²) in [6.07, 6.45) is 1.08. The first-order valence-corrected chi connectivity index (χ1v) is 7.55. The van der Waals surface area contributed by atoms with Crippen LogP contribution in [0.15, 0.2) is 48.5 Å². The third kappa shape index (κ3) is 3.34. The van der Waals surface area contributed by atoms with Gasteiger partial charge in [0.25, 0.3) is 0 Å². The molecule has 1 atom stereocenters. The first-order chi connectivity index (χ1) is 10.7. The van der Waals surface area contributed by atoms with Crippen LogP contribution in [0.25, 0.3) is 0 Å². The maximum absolute atomic E-state index is 13.5. The first kappa shape index (κ1) is 14.7. The van der Waals surface area contributed by atoms with Crippen molar-refractivity contribution in [2.45, 2.75) is 18.9 Å². The van der Waals surface area contributed by atoms with E-state index >= 15 is 0 Å². The van der Waals surface area contributed by atoms with Crippen LogP contribution in [-0.2, 0) is 17.6 Å². The topological polar surface area (TPSA) is 41.1 Å². The molecule has 1 unspecified atom stereocenters. The number of fused-ring (bicyclic) bond motifs is 1. The number of rotatable bonds is 4. The van der Waals surface area contributed by atoms with Crippen molar-refractivity contribution in [1.29, 1.82) is 0 Å². The van der Waals surface area contributed by atoms with Crippen LogP contribution < -0.4 is 10.6 Å². The quantitative estimate of drug-likeness (QED) is 0.910. The molecule has 0 radical (unpaired) electrons. The van der Waals surface area contributed by atoms with Crippen molar-refractivity contribution < 1.29 is 9.18 Å². The van der Waals surface area contributed by atoms with Crippen LogP contribution in [-0.4, -0.2) is 19.0 Å². The molecule has 3 nitrogen and oxygen atoms in total. The van der Waals surface area contributed by atoms with E-state index in [4.69, 9.17) is 0 Å². The first-order valence-electron chi connectivity index (χ1n) is 7.55. The van der Waals surface area contributed by atoms with E-state index in [-0.39, 0.29) is 24.2 Å². The Morgan fingerprint density at radius 3 is 2.82 bits per heavy atom. The lowest BCUT2D eigenvalue weighted by Crippen LogP contribution is -2.39. The number of carbonyl (C=O) groups is 1. The van der Waals surface area contributed by atoms with Crippen LogP contribution in [0.4, 0.5) is 4.39 Å². The minimum Gasteiger partial charge on any atom is -0.354 e. The predicted octanol–water partition coefficient (Wildman–Crippen LogP) is 2.37. The number of carbonyl (C=O) groups excluding carboxylic acids is 1. The SMILES string of the molecule is O=C(Cc1ccccc1F)NCC1NCCc2ccccc21. The van der Waals surface area contributed by atoms with E-state index in [1.807, 2.05) is 12.1 Å². The minimum absolute atomic E-state index is 0.0705. The van der Waals surface area contributed by atoms with Gasteiger partial charge in [-0.25, -0.2) is 4.39 Å². The molecule has 0 aromatic heterocycles. The number of amides is 1. The van der Waals surface area contributed by atoms with E-state index in [9.17, 15) is 9.18 Å². The highest BCUT2D eigenvalue weighted by Crippen LogP contribution is 2.21. The summed E-state index contributed by atoms with van der Waals surface area (Å²) < 4.78 is 13.5. The monoisotopic (exact) mass is 298 g/mol. The third-order valence-corrected chi connectivity index (χ3v) is 4.03. The van der Waals surface area contributed by atoms with E-state index in [0.29, 0.717) is 12.1 Å². The highest BCUT2D eigenvalue weighted by molar-refractivity contribution is 5.78. The van der Waals surface area contributed by atoms with Gasteiger partial charge in [0.2, 0.25) is 5.91 Å². The largest absolute Gasteiger partial charge is 0.354 e. The normalized spacial score (nSPS) is 16.9. The van der Waals surface area contributed by atoms with Crippen molar-refractivity contribution in [3.05, 3.63) is 71.0 Å². The summed E-state index contributed by atoms with van der Waals surface area (Å²) in [4.78, 5) is 12.0. The molecule has 0 spiro atoms. The summed E-state index contributed by atoms with van der Waals surface area (Å²) >= 11 is 0. The van der Waals surface area contributed by atoms with Gasteiger partial charge in [0.15, 0.2) is 0 Å². The van der Waals surface area contributed by atoms with Crippen molar-refractivity contribution in [3.63, 3.8) is 0 Å². The Balaban J connectivity index is 1.59. The third-order valence-electron chi connectivity index (χ3n) is 4.03. The standard InChI is InChI=1S/C18H19FN2O/c19-16-8-4-2-6-14(16)11-18(22)21-12-17-15-7-3-1-5-13(15)9-10-20-17/h1-8,17,20H,9-12H2,(H,21,22). The molecule has 0 saturated heterocycles. The van der Waals surface area contributed by atoms with E-state index in [1.54, 1.807) is 18.2 Å². The zero-order chi connectivity index (χ0) is 15.4. The van der Waals surface area contributed by atoms with Crippen LogP contribution in [0.3, 0.4) is 0 Å². The molecule has 1 heterocycles. The lowest BCUT2D eigenvalue weighted by Gasteiger charge is -2.27. The Hall–Kier alpha value is -2.20. The van der Waals surface area contributed by atoms with Crippen molar-refractivity contribution in [1.82, 2.24) is 10.6 Å². The van der Waals surface area contributed by atoms with Gasteiger partial charge in [-0.05, 0) is 35.7 Å². The van der Waals surface area contributed by atoms with E-state index in [2.05, 4.69) is 22.8 Å². The van der Waals surface area contributed by atoms with Crippen LogP contribution in [0.2, 0.25) is 0 Å². The second kappa shape index (κ2) is 6.71. The number of hydrogen-bond acceptors (Lipinski definition) is 2. The van der Waals surface area contributed by atoms with Crippen molar-refractivity contribution in [3.8, 4) is 0 Å². The summed E-state index contributed by atoms with van der Waals surface area (Å²) in [5.74, 6) is -0.492. The van der Waals surface area contributed by atoms with Gasteiger partial charge in [-0.3, -0.25) is 4.79 Å². The molecular weight excluding hydrogens is 279 g/mol. The lowest BCUT2D eigenvalue weighted by atomic mass is 9.94. The molecular formula is C18H19FN2O. The molecule has 1 aliphatic rings. The molecule has 1 amide bonds. The van der Waals surface area contributed by atoms with E-state index < -0.39 is 0 Å². The van der Waals surface area contributed by atoms with Gasteiger partial charge in [0, 0.05) is 12.6 Å². The van der Waals surface area contributed by atoms with Gasteiger partial charge in [-0.1, -0.05) is 42.5 Å². The van der Waals surface area contributed by atoms with Gasteiger partial charge < -0.3 is 10.6 Å². The Labute approximate surface area is 129 Å². The number of hydrogen-bond donors (Lipinski definition) is 2. The highest BCUT2D eigenvalue weighted by atomic mass is 19.1. The van der Waals surface area contributed by atoms with Gasteiger partial charge in [0.05, 0.1) is 6.42 Å². The molecule has 0 aliphatic carbocycles. The summed E-state index contributed by atoms with van der Waals surface area (Å²) in [5.41, 5.74) is 2.99. The molecule has 0 saturated carbocycles. The summed E-state index contributed by atoms with van der Waals surface area (Å²) in [6, 6.07) is 14.8. The second-order valence-electron chi connectivity index (χ2n) is 5.53. The molecule has 22 heavy (non-hydrogen) atoms. The molecule has 0 bridgehead atoms. The maximum Gasteiger partial charge on any atom is 0.224 e. The van der Waals surface area contributed by atoms with Gasteiger partial charge in [0.1, 0.15) is 5.82 Å². The molecule has 2 aromatic carbocycles. The number of halogens is 1. The summed E-state index contributed by atoms with van der Waals surface area (Å²) in [5, 5.41) is 6.32. The molecule has 0 fully saturated rings. The second-order valence-corrected chi connectivity index (χ2v) is 5.53. The zero-order valence-corrected chi connectivity index (χ0v) is 12.3. The lowest BCUT2D eigenvalue weighted by molar-refractivity contribution is -0.120. The van der Waals surface area contributed by atoms with Crippen molar-refractivity contribution >= 4 is 5.91 Å². The van der Waals surface area contributed by atoms with Crippen LogP contribution in [0, 0.1) is 5.82 Å². The van der Waals surface area contributed by atoms with Crippen molar-refractivity contribution in [2.24, 2.45) is 0 Å². The van der Waals surface area contributed by atoms with Gasteiger partial charge in [-0.2, -0.15) is 0 Å². The fourth-order valence-electron chi connectivity index (χ4n) is 2.87. The molecule has 4 heteroatoms. The average Bonchev–Trinajstić information content (AvgIpc) is 2.55. The average molecular weight is 298 g/mol. The summed E-state index contributed by atoms with van der Waals surface area (Å²) in [6.45, 7) is 1.43. The predicted molar refractivity (Wildman–Crippen MR) is 84.0 cm³/mol. The summed E-state index contributed by atoms with van der Waals surface area (Å²) in [7, 11) is 0. The van der Waals surface area contributed by atoms with Crippen molar-refractivity contribution in [2.75, 3.05) is 13.1 Å². The fraction of sp³-hybridized carbons (Fsp3) is 0.278. The Kier molecular flexibility index (Phi) is 4.49. The molecule has 1 aliphatic heterocycles.